The Kier molecular flexibility index (Phi) is 4.42. The normalized spacial score (nSPS) is 12.2. The molecule has 2 nitrogen and oxygen atoms in total. The number of rotatable bonds is 3. The topological polar surface area (TPSA) is 29.1 Å². The fourth-order valence-corrected chi connectivity index (χ4v) is 3.17. The van der Waals surface area contributed by atoms with E-state index in [0.29, 0.717) is 0 Å². The minimum absolute atomic E-state index is 0.00586. The van der Waals surface area contributed by atoms with Gasteiger partial charge in [0, 0.05) is 9.35 Å². The van der Waals surface area contributed by atoms with Crippen molar-refractivity contribution in [2.24, 2.45) is 0 Å². The molecule has 1 atom stereocenters. The number of amides is 1. The molecule has 0 aliphatic heterocycles. The molecule has 0 fully saturated rings. The fourth-order valence-electron chi connectivity index (χ4n) is 1.81. The summed E-state index contributed by atoms with van der Waals surface area (Å²) in [4.78, 5) is 14.1. The third kappa shape index (κ3) is 3.45. The maximum absolute atomic E-state index is 12.2. The van der Waals surface area contributed by atoms with Crippen molar-refractivity contribution < 1.29 is 4.79 Å². The van der Waals surface area contributed by atoms with Crippen LogP contribution in [0.4, 0.5) is 0 Å². The number of benzene rings is 1. The van der Waals surface area contributed by atoms with Crippen LogP contribution < -0.4 is 5.32 Å². The van der Waals surface area contributed by atoms with Gasteiger partial charge in [0.2, 0.25) is 0 Å². The first-order chi connectivity index (χ1) is 8.97. The summed E-state index contributed by atoms with van der Waals surface area (Å²) in [5.41, 5.74) is 2.26. The molecular weight excluding hydrogens is 322 g/mol. The molecule has 0 aliphatic carbocycles. The Labute approximate surface area is 126 Å². The quantitative estimate of drug-likeness (QED) is 0.869. The molecule has 1 heterocycles. The molecule has 2 aromatic rings. The van der Waals surface area contributed by atoms with Crippen LogP contribution in [0.3, 0.4) is 0 Å². The number of hydrogen-bond acceptors (Lipinski definition) is 2. The first-order valence-corrected chi connectivity index (χ1v) is 7.71. The molecular formula is C15H16BrNOS. The van der Waals surface area contributed by atoms with Gasteiger partial charge in [-0.2, -0.15) is 0 Å². The number of aryl methyl sites for hydroxylation is 2. The molecule has 0 radical (unpaired) electrons. The molecule has 1 N–H and O–H groups in total. The molecule has 0 saturated carbocycles. The van der Waals surface area contributed by atoms with Crippen molar-refractivity contribution in [3.63, 3.8) is 0 Å². The maximum atomic E-state index is 12.2. The predicted octanol–water partition coefficient (Wildman–Crippen LogP) is 4.62. The van der Waals surface area contributed by atoms with Crippen LogP contribution in [0.5, 0.6) is 0 Å². The van der Waals surface area contributed by atoms with Gasteiger partial charge in [0.25, 0.3) is 5.91 Å². The van der Waals surface area contributed by atoms with Gasteiger partial charge in [-0.25, -0.2) is 0 Å². The van der Waals surface area contributed by atoms with Gasteiger partial charge in [0.15, 0.2) is 0 Å². The third-order valence-corrected chi connectivity index (χ3v) is 4.73. The van der Waals surface area contributed by atoms with Crippen LogP contribution in [0.15, 0.2) is 34.8 Å². The molecule has 0 bridgehead atoms. The summed E-state index contributed by atoms with van der Waals surface area (Å²) >= 11 is 4.99. The molecule has 0 aliphatic rings. The minimum Gasteiger partial charge on any atom is -0.345 e. The Balaban J connectivity index is 2.10. The second-order valence-corrected chi connectivity index (χ2v) is 6.77. The van der Waals surface area contributed by atoms with E-state index in [4.69, 9.17) is 0 Å². The van der Waals surface area contributed by atoms with E-state index >= 15 is 0 Å². The predicted molar refractivity (Wildman–Crippen MR) is 83.8 cm³/mol. The van der Waals surface area contributed by atoms with Crippen LogP contribution in [-0.4, -0.2) is 5.91 Å². The molecule has 100 valence electrons. The van der Waals surface area contributed by atoms with Gasteiger partial charge in [-0.15, -0.1) is 11.3 Å². The Morgan fingerprint density at radius 3 is 2.63 bits per heavy atom. The third-order valence-electron chi connectivity index (χ3n) is 3.09. The van der Waals surface area contributed by atoms with Crippen LogP contribution >= 0.6 is 27.3 Å². The smallest absolute Gasteiger partial charge is 0.261 e. The molecule has 0 saturated heterocycles. The summed E-state index contributed by atoms with van der Waals surface area (Å²) in [5, 5.41) is 3.03. The van der Waals surface area contributed by atoms with Gasteiger partial charge in [0.05, 0.1) is 10.9 Å². The van der Waals surface area contributed by atoms with Crippen molar-refractivity contribution >= 4 is 33.2 Å². The van der Waals surface area contributed by atoms with Crippen molar-refractivity contribution in [2.75, 3.05) is 0 Å². The van der Waals surface area contributed by atoms with Crippen molar-refractivity contribution in [1.29, 1.82) is 0 Å². The first-order valence-electron chi connectivity index (χ1n) is 6.10. The SMILES string of the molecule is Cc1cc(C(=O)NC(C)c2cccc(Br)c2)sc1C. The monoisotopic (exact) mass is 337 g/mol. The van der Waals surface area contributed by atoms with Crippen LogP contribution in [-0.2, 0) is 0 Å². The van der Waals surface area contributed by atoms with Crippen LogP contribution in [0.25, 0.3) is 0 Å². The lowest BCUT2D eigenvalue weighted by molar-refractivity contribution is 0.0944. The van der Waals surface area contributed by atoms with Crippen LogP contribution in [0.2, 0.25) is 0 Å². The highest BCUT2D eigenvalue weighted by molar-refractivity contribution is 9.10. The van der Waals surface area contributed by atoms with Crippen molar-refractivity contribution in [3.8, 4) is 0 Å². The van der Waals surface area contributed by atoms with E-state index in [2.05, 4.69) is 21.2 Å². The summed E-state index contributed by atoms with van der Waals surface area (Å²) in [5.74, 6) is -0.00586. The van der Waals surface area contributed by atoms with E-state index in [1.165, 1.54) is 10.4 Å². The number of carbonyl (C=O) groups excluding carboxylic acids is 1. The maximum Gasteiger partial charge on any atom is 0.261 e. The second-order valence-electron chi connectivity index (χ2n) is 4.60. The number of nitrogens with one attached hydrogen (secondary N) is 1. The number of thiophene rings is 1. The summed E-state index contributed by atoms with van der Waals surface area (Å²) in [6.07, 6.45) is 0. The van der Waals surface area contributed by atoms with E-state index in [1.807, 2.05) is 51.1 Å². The Hall–Kier alpha value is -1.13. The lowest BCUT2D eigenvalue weighted by Crippen LogP contribution is -2.25. The molecule has 1 aromatic carbocycles. The molecule has 4 heteroatoms. The number of halogens is 1. The van der Waals surface area contributed by atoms with E-state index < -0.39 is 0 Å². The Bertz CT molecular complexity index is 586. The average molecular weight is 338 g/mol. The van der Waals surface area contributed by atoms with E-state index in [9.17, 15) is 4.79 Å². The minimum atomic E-state index is -0.00675. The van der Waals surface area contributed by atoms with E-state index in [-0.39, 0.29) is 11.9 Å². The summed E-state index contributed by atoms with van der Waals surface area (Å²) in [6, 6.07) is 9.93. The van der Waals surface area contributed by atoms with Gasteiger partial charge >= 0.3 is 0 Å². The van der Waals surface area contributed by atoms with E-state index in [1.54, 1.807) is 11.3 Å². The fraction of sp³-hybridized carbons (Fsp3) is 0.267. The highest BCUT2D eigenvalue weighted by Crippen LogP contribution is 2.22. The largest absolute Gasteiger partial charge is 0.345 e. The lowest BCUT2D eigenvalue weighted by Gasteiger charge is -2.13. The van der Waals surface area contributed by atoms with Gasteiger partial charge in [0.1, 0.15) is 0 Å². The van der Waals surface area contributed by atoms with Gasteiger partial charge in [-0.05, 0) is 50.1 Å². The van der Waals surface area contributed by atoms with Crippen molar-refractivity contribution in [2.45, 2.75) is 26.8 Å². The summed E-state index contributed by atoms with van der Waals surface area (Å²) < 4.78 is 1.02. The molecule has 2 rings (SSSR count). The van der Waals surface area contributed by atoms with Crippen molar-refractivity contribution in [1.82, 2.24) is 5.32 Å². The molecule has 1 amide bonds. The van der Waals surface area contributed by atoms with E-state index in [0.717, 1.165) is 14.9 Å². The first kappa shape index (κ1) is 14.3. The van der Waals surface area contributed by atoms with Crippen LogP contribution in [0.1, 0.15) is 38.6 Å². The van der Waals surface area contributed by atoms with Gasteiger partial charge < -0.3 is 5.32 Å². The Morgan fingerprint density at radius 2 is 2.05 bits per heavy atom. The zero-order chi connectivity index (χ0) is 14.0. The lowest BCUT2D eigenvalue weighted by atomic mass is 10.1. The summed E-state index contributed by atoms with van der Waals surface area (Å²) in [7, 11) is 0. The molecule has 19 heavy (non-hydrogen) atoms. The standard InChI is InChI=1S/C15H16BrNOS/c1-9-7-14(19-11(9)3)15(18)17-10(2)12-5-4-6-13(16)8-12/h4-8,10H,1-3H3,(H,17,18). The van der Waals surface area contributed by atoms with Gasteiger partial charge in [-0.3, -0.25) is 4.79 Å². The molecule has 1 aromatic heterocycles. The molecule has 1 unspecified atom stereocenters. The average Bonchev–Trinajstić information content (AvgIpc) is 2.69. The van der Waals surface area contributed by atoms with Crippen molar-refractivity contribution in [3.05, 3.63) is 55.7 Å². The number of carbonyl (C=O) groups is 1. The Morgan fingerprint density at radius 1 is 1.32 bits per heavy atom. The molecule has 0 spiro atoms. The summed E-state index contributed by atoms with van der Waals surface area (Å²) in [6.45, 7) is 6.06. The zero-order valence-corrected chi connectivity index (χ0v) is 13.6. The highest BCUT2D eigenvalue weighted by atomic mass is 79.9. The van der Waals surface area contributed by atoms with Crippen LogP contribution in [0, 0.1) is 13.8 Å². The second kappa shape index (κ2) is 5.88. The number of hydrogen-bond donors (Lipinski definition) is 1. The highest BCUT2D eigenvalue weighted by Gasteiger charge is 2.14. The van der Waals surface area contributed by atoms with Gasteiger partial charge in [-0.1, -0.05) is 28.1 Å². The zero-order valence-electron chi connectivity index (χ0n) is 11.2.